The minimum atomic E-state index is -0.0226. The van der Waals surface area contributed by atoms with Gasteiger partial charge in [0.1, 0.15) is 16.3 Å². The topological polar surface area (TPSA) is 73.7 Å². The minimum Gasteiger partial charge on any atom is -0.497 e. The zero-order valence-corrected chi connectivity index (χ0v) is 17.5. The first kappa shape index (κ1) is 19.4. The van der Waals surface area contributed by atoms with E-state index < -0.39 is 0 Å². The normalized spacial score (nSPS) is 13.4. The molecular weight excluding hydrogens is 390 g/mol. The number of methoxy groups -OCH3 is 2. The lowest BCUT2D eigenvalue weighted by Gasteiger charge is -2.25. The molecule has 0 fully saturated rings. The number of benzene rings is 1. The molecule has 152 valence electrons. The Labute approximate surface area is 172 Å². The van der Waals surface area contributed by atoms with E-state index in [-0.39, 0.29) is 11.5 Å². The molecule has 29 heavy (non-hydrogen) atoms. The molecule has 1 aromatic carbocycles. The third kappa shape index (κ3) is 3.60. The van der Waals surface area contributed by atoms with Gasteiger partial charge >= 0.3 is 0 Å². The largest absolute Gasteiger partial charge is 0.497 e. The van der Waals surface area contributed by atoms with Crippen molar-refractivity contribution in [3.8, 4) is 11.5 Å². The Morgan fingerprint density at radius 3 is 2.83 bits per heavy atom. The number of rotatable bonds is 5. The number of carbonyl (C=O) groups is 1. The molecule has 4 rings (SSSR count). The Morgan fingerprint density at radius 2 is 2.10 bits per heavy atom. The Balaban J connectivity index is 1.64. The van der Waals surface area contributed by atoms with Crippen molar-refractivity contribution in [3.05, 3.63) is 50.9 Å². The fraction of sp³-hybridized carbons (Fsp3) is 0.381. The smallest absolute Gasteiger partial charge is 0.262 e. The summed E-state index contributed by atoms with van der Waals surface area (Å²) in [5.74, 6) is 1.58. The van der Waals surface area contributed by atoms with Crippen molar-refractivity contribution in [3.63, 3.8) is 0 Å². The number of fused-ring (bicyclic) bond motifs is 3. The van der Waals surface area contributed by atoms with Gasteiger partial charge in [0.2, 0.25) is 5.91 Å². The molecule has 1 aliphatic rings. The second-order valence-corrected chi connectivity index (χ2v) is 8.13. The third-order valence-corrected chi connectivity index (χ3v) is 6.51. The summed E-state index contributed by atoms with van der Waals surface area (Å²) in [7, 11) is 3.26. The van der Waals surface area contributed by atoms with E-state index in [0.29, 0.717) is 37.9 Å². The quantitative estimate of drug-likeness (QED) is 0.643. The van der Waals surface area contributed by atoms with Crippen LogP contribution in [0.1, 0.15) is 22.9 Å². The average Bonchev–Trinajstić information content (AvgIpc) is 3.11. The van der Waals surface area contributed by atoms with Crippen molar-refractivity contribution in [2.75, 3.05) is 20.8 Å². The number of amides is 1. The van der Waals surface area contributed by atoms with Crippen LogP contribution in [0.25, 0.3) is 10.2 Å². The maximum atomic E-state index is 13.2. The van der Waals surface area contributed by atoms with Gasteiger partial charge in [0.25, 0.3) is 5.56 Å². The van der Waals surface area contributed by atoms with Crippen LogP contribution in [0.4, 0.5) is 0 Å². The van der Waals surface area contributed by atoms with E-state index in [1.807, 2.05) is 23.1 Å². The summed E-state index contributed by atoms with van der Waals surface area (Å²) in [6.45, 7) is 3.28. The van der Waals surface area contributed by atoms with Crippen molar-refractivity contribution < 1.29 is 14.3 Å². The van der Waals surface area contributed by atoms with E-state index in [4.69, 9.17) is 9.47 Å². The van der Waals surface area contributed by atoms with Crippen LogP contribution in [0, 0.1) is 0 Å². The number of aromatic nitrogens is 2. The predicted octanol–water partition coefficient (Wildman–Crippen LogP) is 2.62. The van der Waals surface area contributed by atoms with Gasteiger partial charge in [-0.25, -0.2) is 4.98 Å². The molecule has 0 aliphatic carbocycles. The van der Waals surface area contributed by atoms with E-state index in [0.717, 1.165) is 32.3 Å². The molecular formula is C21H23N3O4S. The highest BCUT2D eigenvalue weighted by atomic mass is 32.1. The first-order chi connectivity index (χ1) is 14.0. The molecule has 0 bridgehead atoms. The standard InChI is InChI=1S/C21H23N3O4S/c1-13(25)23-9-7-16-18(11-23)29-20-19(16)21(26)24(12-22-20)8-6-14-10-15(27-2)4-5-17(14)28-3/h4-5,10,12H,6-9,11H2,1-3H3. The third-order valence-electron chi connectivity index (χ3n) is 5.38. The van der Waals surface area contributed by atoms with E-state index in [9.17, 15) is 9.59 Å². The first-order valence-corrected chi connectivity index (χ1v) is 10.3. The SMILES string of the molecule is COc1ccc(OC)c(CCn2cnc3sc4c(c3c2=O)CCN(C(C)=O)C4)c1. The molecule has 8 heteroatoms. The number of hydrogen-bond acceptors (Lipinski definition) is 6. The summed E-state index contributed by atoms with van der Waals surface area (Å²) in [6.07, 6.45) is 2.93. The highest BCUT2D eigenvalue weighted by molar-refractivity contribution is 7.18. The maximum Gasteiger partial charge on any atom is 0.262 e. The van der Waals surface area contributed by atoms with Gasteiger partial charge in [-0.1, -0.05) is 0 Å². The fourth-order valence-electron chi connectivity index (χ4n) is 3.77. The summed E-state index contributed by atoms with van der Waals surface area (Å²) < 4.78 is 12.4. The Hall–Kier alpha value is -2.87. The van der Waals surface area contributed by atoms with Crippen molar-refractivity contribution in [2.45, 2.75) is 32.9 Å². The van der Waals surface area contributed by atoms with Crippen LogP contribution in [0.5, 0.6) is 11.5 Å². The Bertz CT molecular complexity index is 1130. The summed E-state index contributed by atoms with van der Waals surface area (Å²) in [4.78, 5) is 33.0. The van der Waals surface area contributed by atoms with Crippen molar-refractivity contribution >= 4 is 27.5 Å². The summed E-state index contributed by atoms with van der Waals surface area (Å²) in [6, 6.07) is 5.65. The average molecular weight is 413 g/mol. The highest BCUT2D eigenvalue weighted by Gasteiger charge is 2.25. The number of hydrogen-bond donors (Lipinski definition) is 0. The van der Waals surface area contributed by atoms with E-state index in [1.54, 1.807) is 32.0 Å². The summed E-state index contributed by atoms with van der Waals surface area (Å²) in [5.41, 5.74) is 2.00. The second-order valence-electron chi connectivity index (χ2n) is 7.05. The van der Waals surface area contributed by atoms with Gasteiger partial charge in [-0.3, -0.25) is 14.2 Å². The number of aryl methyl sites for hydroxylation is 2. The molecule has 2 aromatic heterocycles. The van der Waals surface area contributed by atoms with Crippen molar-refractivity contribution in [1.82, 2.24) is 14.5 Å². The molecule has 1 amide bonds. The van der Waals surface area contributed by atoms with Gasteiger partial charge in [-0.2, -0.15) is 0 Å². The molecule has 1 aliphatic heterocycles. The van der Waals surface area contributed by atoms with Crippen LogP contribution in [0.2, 0.25) is 0 Å². The van der Waals surface area contributed by atoms with Crippen LogP contribution in [0.3, 0.4) is 0 Å². The molecule has 0 saturated carbocycles. The van der Waals surface area contributed by atoms with Crippen molar-refractivity contribution in [2.24, 2.45) is 0 Å². The van der Waals surface area contributed by atoms with Gasteiger partial charge in [-0.05, 0) is 42.2 Å². The van der Waals surface area contributed by atoms with E-state index in [1.165, 1.54) is 11.3 Å². The number of nitrogens with zero attached hydrogens (tertiary/aromatic N) is 3. The lowest BCUT2D eigenvalue weighted by atomic mass is 10.1. The molecule has 0 N–H and O–H groups in total. The Kier molecular flexibility index (Phi) is 5.27. The molecule has 3 heterocycles. The van der Waals surface area contributed by atoms with Crippen molar-refractivity contribution in [1.29, 1.82) is 0 Å². The highest BCUT2D eigenvalue weighted by Crippen LogP contribution is 2.32. The zero-order valence-electron chi connectivity index (χ0n) is 16.7. The van der Waals surface area contributed by atoms with Crippen LogP contribution >= 0.6 is 11.3 Å². The summed E-state index contributed by atoms with van der Waals surface area (Å²) >= 11 is 1.51. The number of ether oxygens (including phenoxy) is 2. The number of carbonyl (C=O) groups excluding carboxylic acids is 1. The van der Waals surface area contributed by atoms with Gasteiger partial charge in [0.05, 0.1) is 32.5 Å². The molecule has 0 radical (unpaired) electrons. The lowest BCUT2D eigenvalue weighted by molar-refractivity contribution is -0.129. The van der Waals surface area contributed by atoms with Gasteiger partial charge < -0.3 is 14.4 Å². The van der Waals surface area contributed by atoms with Gasteiger partial charge in [0, 0.05) is 24.9 Å². The van der Waals surface area contributed by atoms with Crippen LogP contribution in [-0.4, -0.2) is 41.1 Å². The maximum absolute atomic E-state index is 13.2. The zero-order chi connectivity index (χ0) is 20.5. The van der Waals surface area contributed by atoms with E-state index in [2.05, 4.69) is 4.98 Å². The van der Waals surface area contributed by atoms with Gasteiger partial charge in [0.15, 0.2) is 0 Å². The molecule has 0 unspecified atom stereocenters. The monoisotopic (exact) mass is 413 g/mol. The molecule has 0 spiro atoms. The Morgan fingerprint density at radius 1 is 1.28 bits per heavy atom. The predicted molar refractivity (Wildman–Crippen MR) is 112 cm³/mol. The summed E-state index contributed by atoms with van der Waals surface area (Å²) in [5, 5.41) is 0.702. The first-order valence-electron chi connectivity index (χ1n) is 9.48. The molecule has 7 nitrogen and oxygen atoms in total. The fourth-order valence-corrected chi connectivity index (χ4v) is 4.96. The molecule has 0 atom stereocenters. The number of thiophene rings is 1. The molecule has 0 saturated heterocycles. The molecule has 3 aromatic rings. The minimum absolute atomic E-state index is 0.0226. The second kappa shape index (κ2) is 7.87. The van der Waals surface area contributed by atoms with Crippen LogP contribution in [0.15, 0.2) is 29.3 Å². The van der Waals surface area contributed by atoms with Gasteiger partial charge in [-0.15, -0.1) is 11.3 Å². The van der Waals surface area contributed by atoms with E-state index >= 15 is 0 Å². The van der Waals surface area contributed by atoms with Crippen LogP contribution in [-0.2, 0) is 30.7 Å². The van der Waals surface area contributed by atoms with Crippen LogP contribution < -0.4 is 15.0 Å². The lowest BCUT2D eigenvalue weighted by Crippen LogP contribution is -2.34.